The van der Waals surface area contributed by atoms with Gasteiger partial charge in [0.25, 0.3) is 0 Å². The molecule has 1 saturated heterocycles. The monoisotopic (exact) mass is 368 g/mol. The standard InChI is InChI=1S/C23H32N2S/c1-24(26-23-12-6-3-7-13-23)16-8-9-17-25-18-14-22(15-19-25)20-21-10-4-2-5-11-21/h2-7,10-13,22H,8-9,14-20H2,1H3. The van der Waals surface area contributed by atoms with Crippen LogP contribution < -0.4 is 0 Å². The van der Waals surface area contributed by atoms with E-state index in [2.05, 4.69) is 76.9 Å². The minimum atomic E-state index is 0.877. The van der Waals surface area contributed by atoms with E-state index in [1.165, 1.54) is 62.2 Å². The van der Waals surface area contributed by atoms with Gasteiger partial charge in [0.05, 0.1) is 0 Å². The van der Waals surface area contributed by atoms with Crippen LogP contribution in [0.15, 0.2) is 65.6 Å². The summed E-state index contributed by atoms with van der Waals surface area (Å²) in [6.45, 7) is 4.99. The number of hydrogen-bond acceptors (Lipinski definition) is 3. The normalized spacial score (nSPS) is 16.2. The summed E-state index contributed by atoms with van der Waals surface area (Å²) < 4.78 is 2.36. The first kappa shape index (κ1) is 19.5. The van der Waals surface area contributed by atoms with E-state index in [-0.39, 0.29) is 0 Å². The molecule has 0 amide bonds. The lowest BCUT2D eigenvalue weighted by Gasteiger charge is -2.32. The summed E-state index contributed by atoms with van der Waals surface area (Å²) in [5.41, 5.74) is 1.50. The predicted octanol–water partition coefficient (Wildman–Crippen LogP) is 5.36. The lowest BCUT2D eigenvalue weighted by molar-refractivity contribution is 0.180. The van der Waals surface area contributed by atoms with Crippen LogP contribution in [-0.2, 0) is 6.42 Å². The molecule has 1 fully saturated rings. The summed E-state index contributed by atoms with van der Waals surface area (Å²) >= 11 is 1.85. The third-order valence-electron chi connectivity index (χ3n) is 5.28. The Morgan fingerprint density at radius 3 is 2.27 bits per heavy atom. The van der Waals surface area contributed by atoms with Crippen molar-refractivity contribution in [2.45, 2.75) is 37.0 Å². The predicted molar refractivity (Wildman–Crippen MR) is 113 cm³/mol. The molecule has 0 aliphatic carbocycles. The first-order chi connectivity index (χ1) is 12.8. The molecule has 3 rings (SSSR count). The van der Waals surface area contributed by atoms with Crippen LogP contribution in [0.1, 0.15) is 31.2 Å². The van der Waals surface area contributed by atoms with Gasteiger partial charge in [0.2, 0.25) is 0 Å². The molecule has 0 radical (unpaired) electrons. The second kappa shape index (κ2) is 10.8. The third-order valence-corrected chi connectivity index (χ3v) is 6.25. The SMILES string of the molecule is CN(CCCCN1CCC(Cc2ccccc2)CC1)Sc1ccccc1. The summed E-state index contributed by atoms with van der Waals surface area (Å²) in [6.07, 6.45) is 6.57. The molecule has 0 atom stereocenters. The molecular formula is C23H32N2S. The first-order valence-electron chi connectivity index (χ1n) is 10.00. The molecule has 0 bridgehead atoms. The fourth-order valence-corrected chi connectivity index (χ4v) is 4.60. The molecular weight excluding hydrogens is 336 g/mol. The van der Waals surface area contributed by atoms with Crippen LogP contribution in [0, 0.1) is 5.92 Å². The molecule has 0 aromatic heterocycles. The lowest BCUT2D eigenvalue weighted by atomic mass is 9.90. The second-order valence-electron chi connectivity index (χ2n) is 7.44. The van der Waals surface area contributed by atoms with Gasteiger partial charge in [-0.3, -0.25) is 0 Å². The van der Waals surface area contributed by atoms with E-state index in [0.29, 0.717) is 0 Å². The highest BCUT2D eigenvalue weighted by Crippen LogP contribution is 2.23. The Kier molecular flexibility index (Phi) is 8.06. The maximum Gasteiger partial charge on any atom is 0.0230 e. The van der Waals surface area contributed by atoms with E-state index in [9.17, 15) is 0 Å². The van der Waals surface area contributed by atoms with Crippen molar-refractivity contribution in [2.75, 3.05) is 33.2 Å². The van der Waals surface area contributed by atoms with Crippen molar-refractivity contribution in [1.29, 1.82) is 0 Å². The quantitative estimate of drug-likeness (QED) is 0.434. The van der Waals surface area contributed by atoms with Crippen molar-refractivity contribution >= 4 is 11.9 Å². The average Bonchev–Trinajstić information content (AvgIpc) is 2.68. The molecule has 0 N–H and O–H groups in total. The third kappa shape index (κ3) is 6.79. The minimum Gasteiger partial charge on any atom is -0.303 e. The molecule has 1 heterocycles. The van der Waals surface area contributed by atoms with E-state index in [1.807, 2.05) is 11.9 Å². The summed E-state index contributed by atoms with van der Waals surface area (Å²) in [5, 5.41) is 0. The first-order valence-corrected chi connectivity index (χ1v) is 10.8. The molecule has 0 spiro atoms. The molecule has 2 aromatic carbocycles. The highest BCUT2D eigenvalue weighted by Gasteiger charge is 2.19. The molecule has 2 nitrogen and oxygen atoms in total. The van der Waals surface area contributed by atoms with E-state index >= 15 is 0 Å². The molecule has 1 aliphatic heterocycles. The van der Waals surface area contributed by atoms with Gasteiger partial charge in [0.15, 0.2) is 0 Å². The molecule has 0 saturated carbocycles. The highest BCUT2D eigenvalue weighted by atomic mass is 32.2. The van der Waals surface area contributed by atoms with E-state index in [4.69, 9.17) is 0 Å². The van der Waals surface area contributed by atoms with Gasteiger partial charge in [-0.15, -0.1) is 0 Å². The van der Waals surface area contributed by atoms with Crippen molar-refractivity contribution in [3.63, 3.8) is 0 Å². The zero-order valence-corrected chi connectivity index (χ0v) is 16.8. The number of rotatable bonds is 9. The van der Waals surface area contributed by atoms with Crippen molar-refractivity contribution < 1.29 is 0 Å². The van der Waals surface area contributed by atoms with Crippen LogP contribution in [0.4, 0.5) is 0 Å². The number of hydrogen-bond donors (Lipinski definition) is 0. The summed E-state index contributed by atoms with van der Waals surface area (Å²) in [4.78, 5) is 4.00. The summed E-state index contributed by atoms with van der Waals surface area (Å²) in [5.74, 6) is 0.877. The molecule has 3 heteroatoms. The number of nitrogens with zero attached hydrogens (tertiary/aromatic N) is 2. The van der Waals surface area contributed by atoms with Crippen LogP contribution >= 0.6 is 11.9 Å². The van der Waals surface area contributed by atoms with Gasteiger partial charge in [-0.2, -0.15) is 0 Å². The fourth-order valence-electron chi connectivity index (χ4n) is 3.74. The fraction of sp³-hybridized carbons (Fsp3) is 0.478. The van der Waals surface area contributed by atoms with E-state index in [0.717, 1.165) is 12.5 Å². The number of benzene rings is 2. The highest BCUT2D eigenvalue weighted by molar-refractivity contribution is 7.97. The zero-order valence-electron chi connectivity index (χ0n) is 16.0. The Bertz CT molecular complexity index is 609. The maximum atomic E-state index is 2.67. The topological polar surface area (TPSA) is 6.48 Å². The van der Waals surface area contributed by atoms with Crippen molar-refractivity contribution in [2.24, 2.45) is 5.92 Å². The molecule has 26 heavy (non-hydrogen) atoms. The van der Waals surface area contributed by atoms with Crippen molar-refractivity contribution in [1.82, 2.24) is 9.21 Å². The molecule has 2 aromatic rings. The molecule has 140 valence electrons. The van der Waals surface area contributed by atoms with Gasteiger partial charge >= 0.3 is 0 Å². The summed E-state index contributed by atoms with van der Waals surface area (Å²) in [7, 11) is 2.20. The van der Waals surface area contributed by atoms with Crippen LogP contribution in [0.2, 0.25) is 0 Å². The number of likely N-dealkylation sites (tertiary alicyclic amines) is 1. The minimum absolute atomic E-state index is 0.877. The molecule has 0 unspecified atom stereocenters. The Morgan fingerprint density at radius 2 is 1.58 bits per heavy atom. The number of unbranched alkanes of at least 4 members (excludes halogenated alkanes) is 1. The van der Waals surface area contributed by atoms with Crippen LogP contribution in [0.25, 0.3) is 0 Å². The number of piperidine rings is 1. The zero-order chi connectivity index (χ0) is 18.0. The second-order valence-corrected chi connectivity index (χ2v) is 8.72. The Morgan fingerprint density at radius 1 is 0.923 bits per heavy atom. The Labute approximate surface area is 163 Å². The largest absolute Gasteiger partial charge is 0.303 e. The van der Waals surface area contributed by atoms with Gasteiger partial charge in [-0.1, -0.05) is 48.5 Å². The molecule has 1 aliphatic rings. The van der Waals surface area contributed by atoms with Crippen molar-refractivity contribution in [3.05, 3.63) is 66.2 Å². The maximum absolute atomic E-state index is 2.67. The Balaban J connectivity index is 1.26. The van der Waals surface area contributed by atoms with E-state index in [1.54, 1.807) is 0 Å². The van der Waals surface area contributed by atoms with Gasteiger partial charge in [0.1, 0.15) is 0 Å². The lowest BCUT2D eigenvalue weighted by Crippen LogP contribution is -2.35. The van der Waals surface area contributed by atoms with Gasteiger partial charge < -0.3 is 4.90 Å². The van der Waals surface area contributed by atoms with Gasteiger partial charge in [-0.05, 0) is 94.3 Å². The van der Waals surface area contributed by atoms with Crippen LogP contribution in [-0.4, -0.2) is 42.4 Å². The summed E-state index contributed by atoms with van der Waals surface area (Å²) in [6, 6.07) is 21.6. The Hall–Kier alpha value is -1.29. The van der Waals surface area contributed by atoms with Crippen LogP contribution in [0.3, 0.4) is 0 Å². The van der Waals surface area contributed by atoms with Gasteiger partial charge in [-0.25, -0.2) is 4.31 Å². The van der Waals surface area contributed by atoms with Crippen molar-refractivity contribution in [3.8, 4) is 0 Å². The average molecular weight is 369 g/mol. The van der Waals surface area contributed by atoms with Gasteiger partial charge in [0, 0.05) is 11.4 Å². The van der Waals surface area contributed by atoms with Crippen LogP contribution in [0.5, 0.6) is 0 Å². The van der Waals surface area contributed by atoms with E-state index < -0.39 is 0 Å². The smallest absolute Gasteiger partial charge is 0.0230 e.